The van der Waals surface area contributed by atoms with Crippen LogP contribution in [0.5, 0.6) is 17.4 Å². The van der Waals surface area contributed by atoms with Crippen LogP contribution >= 0.6 is 0 Å². The van der Waals surface area contributed by atoms with Gasteiger partial charge in [-0.3, -0.25) is 0 Å². The molecule has 0 spiro atoms. The number of nitrogens with two attached hydrogens (primary N) is 1. The first-order valence-corrected chi connectivity index (χ1v) is 9.09. The highest BCUT2D eigenvalue weighted by atomic mass is 16.5. The first-order chi connectivity index (χ1) is 13.6. The van der Waals surface area contributed by atoms with Crippen molar-refractivity contribution in [2.75, 3.05) is 12.4 Å². The molecule has 0 fully saturated rings. The standard InChI is InChI=1S/C21H25N5O2/c1-4-19-18(20(27-3)26(2)25-19)14-23-21(22)24-15-9-8-12-17(13-15)28-16-10-6-5-7-11-16/h5-13H,4,14H2,1-3H3,(H3,22,23,24). The monoisotopic (exact) mass is 379 g/mol. The number of hydrogen-bond acceptors (Lipinski definition) is 4. The zero-order chi connectivity index (χ0) is 19.9. The van der Waals surface area contributed by atoms with E-state index in [1.807, 2.05) is 61.6 Å². The zero-order valence-corrected chi connectivity index (χ0v) is 16.3. The van der Waals surface area contributed by atoms with E-state index < -0.39 is 0 Å². The fourth-order valence-corrected chi connectivity index (χ4v) is 2.92. The van der Waals surface area contributed by atoms with Gasteiger partial charge in [-0.15, -0.1) is 0 Å². The number of hydrogen-bond donors (Lipinski definition) is 2. The fourth-order valence-electron chi connectivity index (χ4n) is 2.92. The van der Waals surface area contributed by atoms with Gasteiger partial charge in [0.2, 0.25) is 5.88 Å². The van der Waals surface area contributed by atoms with Crippen LogP contribution in [-0.4, -0.2) is 22.8 Å². The second-order valence-corrected chi connectivity index (χ2v) is 6.18. The number of anilines is 1. The molecule has 0 saturated carbocycles. The first-order valence-electron chi connectivity index (χ1n) is 9.09. The van der Waals surface area contributed by atoms with Gasteiger partial charge in [-0.05, 0) is 30.7 Å². The van der Waals surface area contributed by atoms with E-state index in [1.165, 1.54) is 0 Å². The third-order valence-corrected chi connectivity index (χ3v) is 4.19. The van der Waals surface area contributed by atoms with Crippen molar-refractivity contribution >= 4 is 11.6 Å². The molecule has 146 valence electrons. The molecular formula is C21H25N5O2. The molecule has 0 unspecified atom stereocenters. The summed E-state index contributed by atoms with van der Waals surface area (Å²) in [6.07, 6.45) is 0.800. The molecule has 0 aliphatic heterocycles. The molecule has 0 atom stereocenters. The molecule has 3 rings (SSSR count). The highest BCUT2D eigenvalue weighted by Gasteiger charge is 2.15. The lowest BCUT2D eigenvalue weighted by Gasteiger charge is -2.09. The summed E-state index contributed by atoms with van der Waals surface area (Å²) in [6, 6.07) is 17.2. The quantitative estimate of drug-likeness (QED) is 0.483. The van der Waals surface area contributed by atoms with Gasteiger partial charge in [0, 0.05) is 18.8 Å². The van der Waals surface area contributed by atoms with E-state index >= 15 is 0 Å². The minimum atomic E-state index is 0.310. The number of nitrogens with one attached hydrogen (secondary N) is 1. The van der Waals surface area contributed by atoms with Crippen molar-refractivity contribution in [3.8, 4) is 17.4 Å². The Morgan fingerprint density at radius 2 is 1.89 bits per heavy atom. The normalized spacial score (nSPS) is 11.3. The van der Waals surface area contributed by atoms with Crippen LogP contribution in [0.15, 0.2) is 59.6 Å². The number of para-hydroxylation sites is 1. The molecule has 3 aromatic rings. The summed E-state index contributed by atoms with van der Waals surface area (Å²) in [4.78, 5) is 4.44. The molecule has 0 bridgehead atoms. The summed E-state index contributed by atoms with van der Waals surface area (Å²) in [5.74, 6) is 2.50. The molecule has 1 heterocycles. The molecule has 7 heteroatoms. The number of aryl methyl sites for hydroxylation is 2. The van der Waals surface area contributed by atoms with Gasteiger partial charge < -0.3 is 20.5 Å². The minimum absolute atomic E-state index is 0.310. The molecule has 1 aromatic heterocycles. The highest BCUT2D eigenvalue weighted by Crippen LogP contribution is 2.24. The van der Waals surface area contributed by atoms with Crippen LogP contribution in [-0.2, 0) is 20.0 Å². The number of methoxy groups -OCH3 is 1. The first kappa shape index (κ1) is 19.3. The van der Waals surface area contributed by atoms with Crippen molar-refractivity contribution in [1.29, 1.82) is 0 Å². The van der Waals surface area contributed by atoms with Gasteiger partial charge in [-0.1, -0.05) is 31.2 Å². The van der Waals surface area contributed by atoms with Crippen LogP contribution < -0.4 is 20.5 Å². The Morgan fingerprint density at radius 1 is 1.14 bits per heavy atom. The largest absolute Gasteiger partial charge is 0.481 e. The predicted molar refractivity (Wildman–Crippen MR) is 111 cm³/mol. The molecule has 3 N–H and O–H groups in total. The molecular weight excluding hydrogens is 354 g/mol. The van der Waals surface area contributed by atoms with Crippen molar-refractivity contribution in [3.63, 3.8) is 0 Å². The Morgan fingerprint density at radius 3 is 2.61 bits per heavy atom. The average Bonchev–Trinajstić information content (AvgIpc) is 3.02. The van der Waals surface area contributed by atoms with Crippen LogP contribution in [0.4, 0.5) is 5.69 Å². The molecule has 0 aliphatic rings. The third-order valence-electron chi connectivity index (χ3n) is 4.19. The molecule has 0 saturated heterocycles. The van der Waals surface area contributed by atoms with Crippen LogP contribution in [0.3, 0.4) is 0 Å². The summed E-state index contributed by atoms with van der Waals surface area (Å²) < 4.78 is 13.0. The van der Waals surface area contributed by atoms with Gasteiger partial charge in [-0.25, -0.2) is 9.67 Å². The van der Waals surface area contributed by atoms with Crippen molar-refractivity contribution in [3.05, 3.63) is 65.9 Å². The van der Waals surface area contributed by atoms with Crippen LogP contribution in [0.1, 0.15) is 18.2 Å². The molecule has 2 aromatic carbocycles. The van der Waals surface area contributed by atoms with Crippen LogP contribution in [0, 0.1) is 0 Å². The Labute approximate surface area is 164 Å². The maximum absolute atomic E-state index is 6.08. The van der Waals surface area contributed by atoms with E-state index in [0.717, 1.165) is 29.1 Å². The van der Waals surface area contributed by atoms with E-state index in [-0.39, 0.29) is 0 Å². The molecule has 7 nitrogen and oxygen atoms in total. The number of aliphatic imine (C=N–C) groups is 1. The lowest BCUT2D eigenvalue weighted by Crippen LogP contribution is -2.22. The fraction of sp³-hybridized carbons (Fsp3) is 0.238. The smallest absolute Gasteiger partial charge is 0.216 e. The third kappa shape index (κ3) is 4.62. The van der Waals surface area contributed by atoms with E-state index in [2.05, 4.69) is 22.3 Å². The Hall–Kier alpha value is -3.48. The topological polar surface area (TPSA) is 86.7 Å². The van der Waals surface area contributed by atoms with Gasteiger partial charge in [0.25, 0.3) is 0 Å². The lowest BCUT2D eigenvalue weighted by molar-refractivity contribution is 0.369. The van der Waals surface area contributed by atoms with E-state index in [0.29, 0.717) is 24.1 Å². The zero-order valence-electron chi connectivity index (χ0n) is 16.3. The maximum Gasteiger partial charge on any atom is 0.216 e. The summed E-state index contributed by atoms with van der Waals surface area (Å²) in [7, 11) is 3.48. The second kappa shape index (κ2) is 8.94. The minimum Gasteiger partial charge on any atom is -0.481 e. The number of nitrogens with zero attached hydrogens (tertiary/aromatic N) is 3. The van der Waals surface area contributed by atoms with E-state index in [9.17, 15) is 0 Å². The van der Waals surface area contributed by atoms with Crippen molar-refractivity contribution in [2.45, 2.75) is 19.9 Å². The number of aromatic nitrogens is 2. The van der Waals surface area contributed by atoms with Gasteiger partial charge in [-0.2, -0.15) is 5.10 Å². The molecule has 0 radical (unpaired) electrons. The molecule has 0 amide bonds. The molecule has 28 heavy (non-hydrogen) atoms. The van der Waals surface area contributed by atoms with Gasteiger partial charge >= 0.3 is 0 Å². The van der Waals surface area contributed by atoms with Crippen molar-refractivity contribution in [2.24, 2.45) is 17.8 Å². The second-order valence-electron chi connectivity index (χ2n) is 6.18. The Kier molecular flexibility index (Phi) is 6.16. The van der Waals surface area contributed by atoms with Gasteiger partial charge in [0.15, 0.2) is 5.96 Å². The molecule has 0 aliphatic carbocycles. The predicted octanol–water partition coefficient (Wildman–Crippen LogP) is 3.71. The van der Waals surface area contributed by atoms with Crippen LogP contribution in [0.2, 0.25) is 0 Å². The number of guanidine groups is 1. The van der Waals surface area contributed by atoms with Crippen molar-refractivity contribution < 1.29 is 9.47 Å². The van der Waals surface area contributed by atoms with Crippen molar-refractivity contribution in [1.82, 2.24) is 9.78 Å². The van der Waals surface area contributed by atoms with Crippen LogP contribution in [0.25, 0.3) is 0 Å². The van der Waals surface area contributed by atoms with E-state index in [4.69, 9.17) is 15.2 Å². The maximum atomic E-state index is 6.08. The Balaban J connectivity index is 1.69. The summed E-state index contributed by atoms with van der Waals surface area (Å²) in [5, 5.41) is 7.56. The Bertz CT molecular complexity index is 951. The number of ether oxygens (including phenoxy) is 2. The SMILES string of the molecule is CCc1nn(C)c(OC)c1CN=C(N)Nc1cccc(Oc2ccccc2)c1. The number of rotatable bonds is 7. The average molecular weight is 379 g/mol. The van der Waals surface area contributed by atoms with E-state index in [1.54, 1.807) is 11.8 Å². The summed E-state index contributed by atoms with van der Waals surface area (Å²) in [6.45, 7) is 2.44. The van der Waals surface area contributed by atoms with Gasteiger partial charge in [0.05, 0.1) is 24.9 Å². The van der Waals surface area contributed by atoms with Gasteiger partial charge in [0.1, 0.15) is 11.5 Å². The highest BCUT2D eigenvalue weighted by molar-refractivity contribution is 5.92. The lowest BCUT2D eigenvalue weighted by atomic mass is 10.2. The number of benzene rings is 2. The summed E-state index contributed by atoms with van der Waals surface area (Å²) in [5.41, 5.74) is 8.77. The summed E-state index contributed by atoms with van der Waals surface area (Å²) >= 11 is 0.